The molecule has 0 fully saturated rings. The van der Waals surface area contributed by atoms with Crippen LogP contribution in [0.2, 0.25) is 0 Å². The van der Waals surface area contributed by atoms with E-state index in [0.717, 1.165) is 6.20 Å². The molecule has 0 spiro atoms. The van der Waals surface area contributed by atoms with Gasteiger partial charge in [-0.3, -0.25) is 4.79 Å². The van der Waals surface area contributed by atoms with Crippen LogP contribution in [0.3, 0.4) is 0 Å². The van der Waals surface area contributed by atoms with Crippen molar-refractivity contribution in [3.63, 3.8) is 0 Å². The molecule has 11 heteroatoms. The maximum atomic E-state index is 12.1. The molecule has 1 N–H and O–H groups in total. The number of benzene rings is 1. The highest BCUT2D eigenvalue weighted by Gasteiger charge is 2.28. The number of hydrogen-bond donors (Lipinski definition) is 1. The van der Waals surface area contributed by atoms with Gasteiger partial charge < -0.3 is 10.1 Å². The predicted octanol–water partition coefficient (Wildman–Crippen LogP) is 2.25. The standard InChI is InChI=1S/C15H11F3N6O2/c16-15(17,18)8-26-13-6-1-10(7-19-13)14(25)21-11-2-4-12(5-3-11)24-9-20-22-23-24/h1-7,9H,8H2,(H,21,25). The summed E-state index contributed by atoms with van der Waals surface area (Å²) in [4.78, 5) is 15.8. The Labute approximate surface area is 144 Å². The third-order valence-corrected chi connectivity index (χ3v) is 3.12. The Hall–Kier alpha value is -3.50. The Balaban J connectivity index is 1.61. The van der Waals surface area contributed by atoms with E-state index >= 15 is 0 Å². The lowest BCUT2D eigenvalue weighted by Gasteiger charge is -2.09. The Kier molecular flexibility index (Phi) is 4.78. The molecule has 0 aliphatic heterocycles. The lowest BCUT2D eigenvalue weighted by Crippen LogP contribution is -2.19. The maximum absolute atomic E-state index is 12.1. The van der Waals surface area contributed by atoms with Gasteiger partial charge in [0, 0.05) is 18.0 Å². The molecule has 26 heavy (non-hydrogen) atoms. The number of anilines is 1. The number of halogens is 3. The summed E-state index contributed by atoms with van der Waals surface area (Å²) in [5.74, 6) is -0.681. The van der Waals surface area contributed by atoms with Crippen molar-refractivity contribution >= 4 is 11.6 Å². The lowest BCUT2D eigenvalue weighted by atomic mass is 10.2. The van der Waals surface area contributed by atoms with Crippen LogP contribution in [0, 0.1) is 0 Å². The van der Waals surface area contributed by atoms with Crippen LogP contribution in [0.5, 0.6) is 5.88 Å². The molecule has 2 aromatic heterocycles. The summed E-state index contributed by atoms with van der Waals surface area (Å²) in [7, 11) is 0. The van der Waals surface area contributed by atoms with Crippen molar-refractivity contribution in [3.05, 3.63) is 54.5 Å². The van der Waals surface area contributed by atoms with Crippen molar-refractivity contribution in [1.29, 1.82) is 0 Å². The first-order chi connectivity index (χ1) is 12.4. The van der Waals surface area contributed by atoms with Crippen LogP contribution >= 0.6 is 0 Å². The second kappa shape index (κ2) is 7.17. The highest BCUT2D eigenvalue weighted by atomic mass is 19.4. The number of nitrogens with one attached hydrogen (secondary N) is 1. The fourth-order valence-corrected chi connectivity index (χ4v) is 1.94. The molecule has 0 unspecified atom stereocenters. The minimum absolute atomic E-state index is 0.175. The van der Waals surface area contributed by atoms with E-state index in [1.54, 1.807) is 24.3 Å². The van der Waals surface area contributed by atoms with Gasteiger partial charge in [-0.05, 0) is 40.8 Å². The van der Waals surface area contributed by atoms with Gasteiger partial charge in [-0.15, -0.1) is 5.10 Å². The van der Waals surface area contributed by atoms with E-state index in [0.29, 0.717) is 11.4 Å². The van der Waals surface area contributed by atoms with Crippen molar-refractivity contribution in [2.75, 3.05) is 11.9 Å². The fraction of sp³-hybridized carbons (Fsp3) is 0.133. The van der Waals surface area contributed by atoms with Gasteiger partial charge in [0.25, 0.3) is 5.91 Å². The maximum Gasteiger partial charge on any atom is 0.422 e. The van der Waals surface area contributed by atoms with E-state index < -0.39 is 18.7 Å². The summed E-state index contributed by atoms with van der Waals surface area (Å²) < 4.78 is 42.2. The molecule has 134 valence electrons. The molecule has 3 rings (SSSR count). The topological polar surface area (TPSA) is 94.8 Å². The van der Waals surface area contributed by atoms with E-state index in [9.17, 15) is 18.0 Å². The molecule has 0 bridgehead atoms. The number of rotatable bonds is 5. The first kappa shape index (κ1) is 17.3. The summed E-state index contributed by atoms with van der Waals surface area (Å²) in [5.41, 5.74) is 1.40. The van der Waals surface area contributed by atoms with Crippen LogP contribution in [0.4, 0.5) is 18.9 Å². The second-order valence-corrected chi connectivity index (χ2v) is 5.04. The second-order valence-electron chi connectivity index (χ2n) is 5.04. The zero-order valence-corrected chi connectivity index (χ0v) is 13.0. The number of ether oxygens (including phenoxy) is 1. The van der Waals surface area contributed by atoms with Crippen molar-refractivity contribution in [2.24, 2.45) is 0 Å². The predicted molar refractivity (Wildman–Crippen MR) is 82.9 cm³/mol. The number of amides is 1. The van der Waals surface area contributed by atoms with E-state index in [4.69, 9.17) is 0 Å². The molecule has 0 radical (unpaired) electrons. The van der Waals surface area contributed by atoms with Crippen molar-refractivity contribution in [1.82, 2.24) is 25.2 Å². The highest BCUT2D eigenvalue weighted by molar-refractivity contribution is 6.04. The van der Waals surface area contributed by atoms with Gasteiger partial charge in [-0.25, -0.2) is 9.67 Å². The van der Waals surface area contributed by atoms with E-state index in [1.165, 1.54) is 23.1 Å². The van der Waals surface area contributed by atoms with Gasteiger partial charge in [0.1, 0.15) is 6.33 Å². The normalized spacial score (nSPS) is 11.2. The summed E-state index contributed by atoms with van der Waals surface area (Å²) in [6.45, 7) is -1.45. The molecule has 2 heterocycles. The smallest absolute Gasteiger partial charge is 0.422 e. The SMILES string of the molecule is O=C(Nc1ccc(-n2cnnn2)cc1)c1ccc(OCC(F)(F)F)nc1. The molecule has 8 nitrogen and oxygen atoms in total. The summed E-state index contributed by atoms with van der Waals surface area (Å²) in [6.07, 6.45) is -1.88. The summed E-state index contributed by atoms with van der Waals surface area (Å²) in [5, 5.41) is 13.4. The fourth-order valence-electron chi connectivity index (χ4n) is 1.94. The lowest BCUT2D eigenvalue weighted by molar-refractivity contribution is -0.154. The third kappa shape index (κ3) is 4.53. The zero-order chi connectivity index (χ0) is 18.6. The summed E-state index contributed by atoms with van der Waals surface area (Å²) >= 11 is 0. The van der Waals surface area contributed by atoms with Crippen LogP contribution in [0.1, 0.15) is 10.4 Å². The molecule has 0 aliphatic carbocycles. The number of hydrogen-bond acceptors (Lipinski definition) is 6. The van der Waals surface area contributed by atoms with Crippen LogP contribution in [0.15, 0.2) is 48.9 Å². The molecule has 3 aromatic rings. The third-order valence-electron chi connectivity index (χ3n) is 3.12. The average Bonchev–Trinajstić information content (AvgIpc) is 3.15. The van der Waals surface area contributed by atoms with Gasteiger partial charge >= 0.3 is 6.18 Å². The van der Waals surface area contributed by atoms with Crippen molar-refractivity contribution < 1.29 is 22.7 Å². The quantitative estimate of drug-likeness (QED) is 0.746. The van der Waals surface area contributed by atoms with Gasteiger partial charge in [0.05, 0.1) is 11.3 Å². The number of carbonyl (C=O) groups excluding carboxylic acids is 1. The molecular formula is C15H11F3N6O2. The van der Waals surface area contributed by atoms with Crippen LogP contribution < -0.4 is 10.1 Å². The molecule has 1 amide bonds. The van der Waals surface area contributed by atoms with Crippen LogP contribution in [-0.4, -0.2) is 43.9 Å². The molecule has 0 saturated carbocycles. The number of carbonyl (C=O) groups is 1. The largest absolute Gasteiger partial charge is 0.468 e. The van der Waals surface area contributed by atoms with Gasteiger partial charge in [0.2, 0.25) is 5.88 Å². The van der Waals surface area contributed by atoms with Crippen LogP contribution in [0.25, 0.3) is 5.69 Å². The minimum Gasteiger partial charge on any atom is -0.468 e. The minimum atomic E-state index is -4.45. The number of aromatic nitrogens is 5. The van der Waals surface area contributed by atoms with E-state index in [1.807, 2.05) is 0 Å². The van der Waals surface area contributed by atoms with Crippen molar-refractivity contribution in [2.45, 2.75) is 6.18 Å². The number of alkyl halides is 3. The molecule has 0 saturated heterocycles. The Bertz CT molecular complexity index is 864. The number of pyridine rings is 1. The molecular weight excluding hydrogens is 353 g/mol. The first-order valence-corrected chi connectivity index (χ1v) is 7.21. The van der Waals surface area contributed by atoms with Gasteiger partial charge in [0.15, 0.2) is 6.61 Å². The van der Waals surface area contributed by atoms with Crippen LogP contribution in [-0.2, 0) is 0 Å². The molecule has 1 aromatic carbocycles. The van der Waals surface area contributed by atoms with E-state index in [2.05, 4.69) is 30.6 Å². The van der Waals surface area contributed by atoms with Crippen molar-refractivity contribution in [3.8, 4) is 11.6 Å². The number of tetrazole rings is 1. The number of nitrogens with zero attached hydrogens (tertiary/aromatic N) is 5. The first-order valence-electron chi connectivity index (χ1n) is 7.21. The van der Waals surface area contributed by atoms with Gasteiger partial charge in [-0.1, -0.05) is 0 Å². The monoisotopic (exact) mass is 364 g/mol. The van der Waals surface area contributed by atoms with Gasteiger partial charge in [-0.2, -0.15) is 13.2 Å². The molecule has 0 aliphatic rings. The Morgan fingerprint density at radius 2 is 1.92 bits per heavy atom. The average molecular weight is 364 g/mol. The molecule has 0 atom stereocenters. The summed E-state index contributed by atoms with van der Waals surface area (Å²) in [6, 6.07) is 9.24. The zero-order valence-electron chi connectivity index (χ0n) is 13.0. The highest BCUT2D eigenvalue weighted by Crippen LogP contribution is 2.18. The Morgan fingerprint density at radius 1 is 1.15 bits per heavy atom. The van der Waals surface area contributed by atoms with E-state index in [-0.39, 0.29) is 11.4 Å². The Morgan fingerprint density at radius 3 is 2.50 bits per heavy atom.